The van der Waals surface area contributed by atoms with Gasteiger partial charge in [-0.1, -0.05) is 0 Å². The zero-order valence-electron chi connectivity index (χ0n) is 12.8. The van der Waals surface area contributed by atoms with Gasteiger partial charge in [0.1, 0.15) is 18.8 Å². The number of aryl methyl sites for hydroxylation is 1. The normalized spacial score (nSPS) is 20.2. The number of hydrogen-bond donors (Lipinski definition) is 0. The first-order valence-corrected chi connectivity index (χ1v) is 7.12. The molecule has 1 saturated heterocycles. The summed E-state index contributed by atoms with van der Waals surface area (Å²) in [6.07, 6.45) is 3.76. The minimum atomic E-state index is -0.283. The van der Waals surface area contributed by atoms with Crippen LogP contribution in [0.3, 0.4) is 0 Å². The first-order valence-electron chi connectivity index (χ1n) is 7.12. The number of piperidine rings is 1. The quantitative estimate of drug-likeness (QED) is 0.838. The van der Waals surface area contributed by atoms with Crippen LogP contribution in [-0.4, -0.2) is 50.9 Å². The molecule has 1 aliphatic heterocycles. The smallest absolute Gasteiger partial charge is 0.248 e. The van der Waals surface area contributed by atoms with Crippen molar-refractivity contribution in [1.82, 2.24) is 19.7 Å². The Morgan fingerprint density at radius 3 is 2.85 bits per heavy atom. The van der Waals surface area contributed by atoms with Crippen molar-refractivity contribution in [3.05, 3.63) is 12.2 Å². The molecule has 112 valence electrons. The number of carbonyl (C=O) groups excluding carboxylic acids is 1. The molecular weight excluding hydrogens is 256 g/mol. The van der Waals surface area contributed by atoms with Crippen LogP contribution in [-0.2, 0) is 16.6 Å². The van der Waals surface area contributed by atoms with Crippen LogP contribution in [0.1, 0.15) is 45.4 Å². The summed E-state index contributed by atoms with van der Waals surface area (Å²) in [4.78, 5) is 14.1. The van der Waals surface area contributed by atoms with Crippen LogP contribution in [0, 0.1) is 0 Å². The second-order valence-electron chi connectivity index (χ2n) is 6.38. The van der Waals surface area contributed by atoms with Crippen molar-refractivity contribution in [2.75, 3.05) is 19.7 Å². The molecule has 1 amide bonds. The number of amides is 1. The van der Waals surface area contributed by atoms with E-state index in [2.05, 4.69) is 10.2 Å². The van der Waals surface area contributed by atoms with Crippen LogP contribution >= 0.6 is 0 Å². The number of aromatic nitrogens is 3. The van der Waals surface area contributed by atoms with Gasteiger partial charge in [0.2, 0.25) is 5.91 Å². The fourth-order valence-electron chi connectivity index (χ4n) is 2.45. The highest BCUT2D eigenvalue weighted by Gasteiger charge is 2.28. The molecule has 0 bridgehead atoms. The van der Waals surface area contributed by atoms with Gasteiger partial charge in [-0.2, -0.15) is 0 Å². The highest BCUT2D eigenvalue weighted by Crippen LogP contribution is 2.25. The molecule has 6 nitrogen and oxygen atoms in total. The minimum absolute atomic E-state index is 0.0618. The lowest BCUT2D eigenvalue weighted by atomic mass is 9.97. The molecule has 6 heteroatoms. The van der Waals surface area contributed by atoms with Gasteiger partial charge in [0.15, 0.2) is 0 Å². The summed E-state index contributed by atoms with van der Waals surface area (Å²) in [6, 6.07) is 0. The fraction of sp³-hybridized carbons (Fsp3) is 0.786. The number of carbonyl (C=O) groups is 1. The summed E-state index contributed by atoms with van der Waals surface area (Å²) in [5.74, 6) is 1.29. The molecule has 0 aromatic carbocycles. The van der Waals surface area contributed by atoms with Crippen LogP contribution in [0.15, 0.2) is 6.33 Å². The van der Waals surface area contributed by atoms with Crippen molar-refractivity contribution < 1.29 is 9.53 Å². The molecule has 1 aromatic rings. The molecule has 0 N–H and O–H groups in total. The van der Waals surface area contributed by atoms with Crippen LogP contribution in [0.25, 0.3) is 0 Å². The van der Waals surface area contributed by atoms with Gasteiger partial charge in [0.05, 0.1) is 5.60 Å². The van der Waals surface area contributed by atoms with Crippen molar-refractivity contribution in [2.24, 2.45) is 7.05 Å². The highest BCUT2D eigenvalue weighted by atomic mass is 16.5. The second-order valence-corrected chi connectivity index (χ2v) is 6.38. The van der Waals surface area contributed by atoms with Gasteiger partial charge in [-0.15, -0.1) is 10.2 Å². The van der Waals surface area contributed by atoms with Crippen molar-refractivity contribution in [1.29, 1.82) is 0 Å². The average molecular weight is 280 g/mol. The Kier molecular flexibility index (Phi) is 4.42. The molecule has 0 saturated carbocycles. The predicted molar refractivity (Wildman–Crippen MR) is 75.3 cm³/mol. The molecular formula is C14H24N4O2. The van der Waals surface area contributed by atoms with E-state index in [1.54, 1.807) is 6.33 Å². The van der Waals surface area contributed by atoms with Crippen molar-refractivity contribution in [3.8, 4) is 0 Å². The maximum Gasteiger partial charge on any atom is 0.248 e. The standard InChI is InChI=1S/C14H24N4O2/c1-14(2,3)20-9-12(19)18-7-5-6-11(8-18)13-16-15-10-17(13)4/h10-11H,5-9H2,1-4H3. The number of nitrogens with zero attached hydrogens (tertiary/aromatic N) is 4. The summed E-state index contributed by atoms with van der Waals surface area (Å²) < 4.78 is 7.50. The summed E-state index contributed by atoms with van der Waals surface area (Å²) in [6.45, 7) is 7.53. The topological polar surface area (TPSA) is 60.2 Å². The highest BCUT2D eigenvalue weighted by molar-refractivity contribution is 5.77. The Hall–Kier alpha value is -1.43. The van der Waals surface area contributed by atoms with Gasteiger partial charge in [-0.25, -0.2) is 0 Å². The fourth-order valence-corrected chi connectivity index (χ4v) is 2.45. The average Bonchev–Trinajstić information content (AvgIpc) is 2.81. The van der Waals surface area contributed by atoms with Crippen molar-refractivity contribution in [3.63, 3.8) is 0 Å². The van der Waals surface area contributed by atoms with E-state index < -0.39 is 0 Å². The lowest BCUT2D eigenvalue weighted by Gasteiger charge is -2.33. The monoisotopic (exact) mass is 280 g/mol. The molecule has 0 radical (unpaired) electrons. The third-order valence-corrected chi connectivity index (χ3v) is 3.51. The Balaban J connectivity index is 1.93. The summed E-state index contributed by atoms with van der Waals surface area (Å²) in [5, 5.41) is 8.08. The number of hydrogen-bond acceptors (Lipinski definition) is 4. The Morgan fingerprint density at radius 1 is 1.50 bits per heavy atom. The largest absolute Gasteiger partial charge is 0.366 e. The molecule has 1 aromatic heterocycles. The third kappa shape index (κ3) is 3.79. The first kappa shape index (κ1) is 15.0. The van der Waals surface area contributed by atoms with E-state index in [1.165, 1.54) is 0 Å². The van der Waals surface area contributed by atoms with Gasteiger partial charge in [-0.3, -0.25) is 4.79 Å². The van der Waals surface area contributed by atoms with Crippen molar-refractivity contribution >= 4 is 5.91 Å². The maximum atomic E-state index is 12.2. The minimum Gasteiger partial charge on any atom is -0.366 e. The van der Waals surface area contributed by atoms with Gasteiger partial charge in [-0.05, 0) is 33.6 Å². The molecule has 0 aliphatic carbocycles. The first-order chi connectivity index (χ1) is 9.37. The zero-order valence-corrected chi connectivity index (χ0v) is 12.8. The Bertz CT molecular complexity index is 464. The molecule has 1 fully saturated rings. The van der Waals surface area contributed by atoms with Gasteiger partial charge in [0, 0.05) is 26.1 Å². The predicted octanol–water partition coefficient (Wildman–Crippen LogP) is 1.34. The van der Waals surface area contributed by atoms with E-state index in [0.717, 1.165) is 25.2 Å². The molecule has 1 unspecified atom stereocenters. The van der Waals surface area contributed by atoms with E-state index >= 15 is 0 Å². The summed E-state index contributed by atoms with van der Waals surface area (Å²) >= 11 is 0. The van der Waals surface area contributed by atoms with E-state index in [-0.39, 0.29) is 24.0 Å². The summed E-state index contributed by atoms with van der Waals surface area (Å²) in [7, 11) is 1.94. The van der Waals surface area contributed by atoms with Crippen LogP contribution < -0.4 is 0 Å². The van der Waals surface area contributed by atoms with E-state index in [1.807, 2.05) is 37.3 Å². The summed E-state index contributed by atoms with van der Waals surface area (Å²) in [5.41, 5.74) is -0.283. The lowest BCUT2D eigenvalue weighted by Crippen LogP contribution is -2.42. The second kappa shape index (κ2) is 5.91. The van der Waals surface area contributed by atoms with E-state index in [0.29, 0.717) is 6.54 Å². The number of ether oxygens (including phenoxy) is 1. The molecule has 2 heterocycles. The molecule has 2 rings (SSSR count). The zero-order chi connectivity index (χ0) is 14.8. The molecule has 1 aliphatic rings. The van der Waals surface area contributed by atoms with Crippen LogP contribution in [0.4, 0.5) is 0 Å². The van der Waals surface area contributed by atoms with Gasteiger partial charge in [0.25, 0.3) is 0 Å². The SMILES string of the molecule is Cn1cnnc1C1CCCN(C(=O)COC(C)(C)C)C1. The molecule has 20 heavy (non-hydrogen) atoms. The van der Waals surface area contributed by atoms with Gasteiger partial charge >= 0.3 is 0 Å². The van der Waals surface area contributed by atoms with E-state index in [9.17, 15) is 4.79 Å². The van der Waals surface area contributed by atoms with Crippen LogP contribution in [0.2, 0.25) is 0 Å². The van der Waals surface area contributed by atoms with Crippen molar-refractivity contribution in [2.45, 2.75) is 45.1 Å². The number of likely N-dealkylation sites (tertiary alicyclic amines) is 1. The maximum absolute atomic E-state index is 12.2. The Morgan fingerprint density at radius 2 is 2.25 bits per heavy atom. The molecule has 0 spiro atoms. The number of rotatable bonds is 3. The third-order valence-electron chi connectivity index (χ3n) is 3.51. The van der Waals surface area contributed by atoms with E-state index in [4.69, 9.17) is 4.74 Å². The van der Waals surface area contributed by atoms with Crippen LogP contribution in [0.5, 0.6) is 0 Å². The lowest BCUT2D eigenvalue weighted by molar-refractivity contribution is -0.142. The Labute approximate surface area is 120 Å². The van der Waals surface area contributed by atoms with Gasteiger partial charge < -0.3 is 14.2 Å². The molecule has 1 atom stereocenters.